The first-order valence-corrected chi connectivity index (χ1v) is 10.5. The SMILES string of the molecule is COc1cc(C=Cc2cc(F)c(OC)c(NC=CC(=O)c3ccc(O)cc3)c2)cc(OC)c1OC. The van der Waals surface area contributed by atoms with E-state index in [4.69, 9.17) is 18.9 Å². The number of phenols is 1. The molecule has 3 rings (SSSR count). The van der Waals surface area contributed by atoms with E-state index < -0.39 is 5.82 Å². The second-order valence-corrected chi connectivity index (χ2v) is 7.26. The Morgan fingerprint density at radius 3 is 1.94 bits per heavy atom. The maximum absolute atomic E-state index is 14.7. The lowest BCUT2D eigenvalue weighted by Gasteiger charge is -2.13. The monoisotopic (exact) mass is 479 g/mol. The van der Waals surface area contributed by atoms with Crippen LogP contribution < -0.4 is 24.3 Å². The second kappa shape index (κ2) is 11.6. The van der Waals surface area contributed by atoms with Gasteiger partial charge in [0.1, 0.15) is 5.75 Å². The van der Waals surface area contributed by atoms with Gasteiger partial charge in [-0.05, 0) is 59.7 Å². The van der Waals surface area contributed by atoms with Crippen molar-refractivity contribution in [1.82, 2.24) is 0 Å². The molecule has 2 N–H and O–H groups in total. The van der Waals surface area contributed by atoms with Crippen molar-refractivity contribution < 1.29 is 33.2 Å². The molecule has 0 spiro atoms. The standard InChI is InChI=1S/C27H26FNO6/c1-32-24-15-18(16-25(33-2)27(24)35-4)6-5-17-13-21(28)26(34-3)22(14-17)29-12-11-23(31)19-7-9-20(30)10-8-19/h5-16,29-30H,1-4H3. The predicted octanol–water partition coefficient (Wildman–Crippen LogP) is 5.54. The zero-order valence-electron chi connectivity index (χ0n) is 19.8. The van der Waals surface area contributed by atoms with E-state index in [1.807, 2.05) is 0 Å². The first-order valence-electron chi connectivity index (χ1n) is 10.5. The van der Waals surface area contributed by atoms with Gasteiger partial charge < -0.3 is 29.4 Å². The highest BCUT2D eigenvalue weighted by Gasteiger charge is 2.13. The number of carbonyl (C=O) groups excluding carboxylic acids is 1. The molecule has 0 saturated carbocycles. The molecule has 0 fully saturated rings. The number of phenolic OH excluding ortho intramolecular Hbond substituents is 1. The van der Waals surface area contributed by atoms with Gasteiger partial charge in [-0.2, -0.15) is 0 Å². The van der Waals surface area contributed by atoms with E-state index in [0.29, 0.717) is 34.1 Å². The Hall–Kier alpha value is -4.46. The molecule has 0 aliphatic rings. The third-order valence-electron chi connectivity index (χ3n) is 5.05. The van der Waals surface area contributed by atoms with Crippen molar-refractivity contribution in [3.8, 4) is 28.7 Å². The number of halogens is 1. The van der Waals surface area contributed by atoms with E-state index in [9.17, 15) is 14.3 Å². The summed E-state index contributed by atoms with van der Waals surface area (Å²) in [6.45, 7) is 0. The molecule has 0 radical (unpaired) electrons. The van der Waals surface area contributed by atoms with Gasteiger partial charge in [-0.15, -0.1) is 0 Å². The summed E-state index contributed by atoms with van der Waals surface area (Å²) in [6, 6.07) is 12.4. The molecule has 0 aromatic heterocycles. The van der Waals surface area contributed by atoms with Crippen LogP contribution in [0.3, 0.4) is 0 Å². The summed E-state index contributed by atoms with van der Waals surface area (Å²) in [4.78, 5) is 12.3. The van der Waals surface area contributed by atoms with E-state index in [2.05, 4.69) is 5.32 Å². The summed E-state index contributed by atoms with van der Waals surface area (Å²) in [7, 11) is 5.95. The molecule has 0 unspecified atom stereocenters. The lowest BCUT2D eigenvalue weighted by Crippen LogP contribution is -1.99. The van der Waals surface area contributed by atoms with Crippen molar-refractivity contribution in [3.63, 3.8) is 0 Å². The van der Waals surface area contributed by atoms with Crippen molar-refractivity contribution in [2.24, 2.45) is 0 Å². The van der Waals surface area contributed by atoms with Crippen LogP contribution in [0, 0.1) is 5.82 Å². The number of ether oxygens (including phenoxy) is 4. The van der Waals surface area contributed by atoms with Crippen molar-refractivity contribution in [2.45, 2.75) is 0 Å². The van der Waals surface area contributed by atoms with Crippen LogP contribution in [0.25, 0.3) is 12.2 Å². The Balaban J connectivity index is 1.85. The number of benzene rings is 3. The van der Waals surface area contributed by atoms with Crippen LogP contribution in [0.4, 0.5) is 10.1 Å². The van der Waals surface area contributed by atoms with Gasteiger partial charge in [0.05, 0.1) is 34.1 Å². The molecule has 8 heteroatoms. The smallest absolute Gasteiger partial charge is 0.203 e. The molecule has 0 aliphatic carbocycles. The zero-order valence-corrected chi connectivity index (χ0v) is 19.8. The molecule has 0 saturated heterocycles. The zero-order chi connectivity index (χ0) is 25.4. The van der Waals surface area contributed by atoms with Crippen LogP contribution in [-0.2, 0) is 0 Å². The van der Waals surface area contributed by atoms with Crippen LogP contribution in [0.5, 0.6) is 28.7 Å². The summed E-state index contributed by atoms with van der Waals surface area (Å²) in [6.07, 6.45) is 6.21. The number of methoxy groups -OCH3 is 4. The number of carbonyl (C=O) groups is 1. The predicted molar refractivity (Wildman–Crippen MR) is 133 cm³/mol. The number of hydrogen-bond acceptors (Lipinski definition) is 7. The Morgan fingerprint density at radius 2 is 1.40 bits per heavy atom. The Labute approximate surface area is 203 Å². The van der Waals surface area contributed by atoms with Crippen LogP contribution in [-0.4, -0.2) is 39.3 Å². The normalized spacial score (nSPS) is 11.0. The third kappa shape index (κ3) is 6.11. The average Bonchev–Trinajstić information content (AvgIpc) is 2.86. The van der Waals surface area contributed by atoms with Gasteiger partial charge in [0.15, 0.2) is 28.8 Å². The third-order valence-corrected chi connectivity index (χ3v) is 5.05. The van der Waals surface area contributed by atoms with Gasteiger partial charge in [0.2, 0.25) is 5.75 Å². The van der Waals surface area contributed by atoms with E-state index in [0.717, 1.165) is 5.56 Å². The molecule has 3 aromatic rings. The number of hydrogen-bond donors (Lipinski definition) is 2. The molecular formula is C27H26FNO6. The summed E-state index contributed by atoms with van der Waals surface area (Å²) >= 11 is 0. The number of ketones is 1. The molecule has 0 heterocycles. The van der Waals surface area contributed by atoms with E-state index in [1.54, 1.807) is 30.4 Å². The summed E-state index contributed by atoms with van der Waals surface area (Å²) in [5, 5.41) is 12.3. The Morgan fingerprint density at radius 1 is 0.829 bits per heavy atom. The summed E-state index contributed by atoms with van der Waals surface area (Å²) in [5.41, 5.74) is 2.05. The summed E-state index contributed by atoms with van der Waals surface area (Å²) < 4.78 is 35.9. The van der Waals surface area contributed by atoms with E-state index in [-0.39, 0.29) is 17.3 Å². The van der Waals surface area contributed by atoms with Crippen molar-refractivity contribution in [1.29, 1.82) is 0 Å². The number of aromatic hydroxyl groups is 1. The minimum Gasteiger partial charge on any atom is -0.508 e. The van der Waals surface area contributed by atoms with Gasteiger partial charge in [0.25, 0.3) is 0 Å². The molecule has 35 heavy (non-hydrogen) atoms. The highest BCUT2D eigenvalue weighted by Crippen LogP contribution is 2.39. The van der Waals surface area contributed by atoms with Gasteiger partial charge in [-0.3, -0.25) is 4.79 Å². The van der Waals surface area contributed by atoms with Crippen molar-refractivity contribution in [3.05, 3.63) is 83.3 Å². The maximum atomic E-state index is 14.7. The van der Waals surface area contributed by atoms with Gasteiger partial charge in [0, 0.05) is 17.8 Å². The van der Waals surface area contributed by atoms with Crippen molar-refractivity contribution in [2.75, 3.05) is 33.8 Å². The molecule has 0 bridgehead atoms. The minimum atomic E-state index is -0.569. The number of anilines is 1. The van der Waals surface area contributed by atoms with E-state index >= 15 is 0 Å². The fourth-order valence-corrected chi connectivity index (χ4v) is 3.34. The quantitative estimate of drug-likeness (QED) is 0.224. The highest BCUT2D eigenvalue weighted by molar-refractivity contribution is 6.04. The average molecular weight is 480 g/mol. The topological polar surface area (TPSA) is 86.3 Å². The van der Waals surface area contributed by atoms with Crippen LogP contribution >= 0.6 is 0 Å². The van der Waals surface area contributed by atoms with E-state index in [1.165, 1.54) is 71.0 Å². The fraction of sp³-hybridized carbons (Fsp3) is 0.148. The fourth-order valence-electron chi connectivity index (χ4n) is 3.34. The first kappa shape index (κ1) is 25.2. The van der Waals surface area contributed by atoms with Gasteiger partial charge >= 0.3 is 0 Å². The molecular weight excluding hydrogens is 453 g/mol. The highest BCUT2D eigenvalue weighted by atomic mass is 19.1. The number of rotatable bonds is 10. The van der Waals surface area contributed by atoms with Crippen LogP contribution in [0.2, 0.25) is 0 Å². The molecule has 0 amide bonds. The molecule has 182 valence electrons. The van der Waals surface area contributed by atoms with Crippen LogP contribution in [0.15, 0.2) is 60.8 Å². The lowest BCUT2D eigenvalue weighted by molar-refractivity contribution is 0.104. The largest absolute Gasteiger partial charge is 0.508 e. The minimum absolute atomic E-state index is 0.0108. The number of allylic oxidation sites excluding steroid dienone is 1. The molecule has 3 aromatic carbocycles. The Bertz CT molecular complexity index is 1230. The van der Waals surface area contributed by atoms with Gasteiger partial charge in [-0.1, -0.05) is 12.2 Å². The number of nitrogens with one attached hydrogen (secondary N) is 1. The molecule has 7 nitrogen and oxygen atoms in total. The summed E-state index contributed by atoms with van der Waals surface area (Å²) in [5.74, 6) is 0.701. The second-order valence-electron chi connectivity index (χ2n) is 7.26. The molecule has 0 aliphatic heterocycles. The van der Waals surface area contributed by atoms with Gasteiger partial charge in [-0.25, -0.2) is 4.39 Å². The van der Waals surface area contributed by atoms with Crippen LogP contribution in [0.1, 0.15) is 21.5 Å². The lowest BCUT2D eigenvalue weighted by atomic mass is 10.1. The first-order chi connectivity index (χ1) is 16.9. The maximum Gasteiger partial charge on any atom is 0.203 e. The molecule has 0 atom stereocenters. The Kier molecular flexibility index (Phi) is 8.34. The van der Waals surface area contributed by atoms with Crippen molar-refractivity contribution >= 4 is 23.6 Å².